The Balaban J connectivity index is 1.54. The molecule has 0 radical (unpaired) electrons. The lowest BCUT2D eigenvalue weighted by Crippen LogP contribution is -2.54. The average Bonchev–Trinajstić information content (AvgIpc) is 3.02. The van der Waals surface area contributed by atoms with Gasteiger partial charge in [-0.3, -0.25) is 14.4 Å². The molecule has 1 aromatic rings. The van der Waals surface area contributed by atoms with Crippen LogP contribution in [-0.4, -0.2) is 65.1 Å². The quantitative estimate of drug-likeness (QED) is 0.800. The molecular formula is C22H31N3O3. The number of nitrogens with zero attached hydrogens (tertiary/aromatic N) is 3. The largest absolute Gasteiger partial charge is 0.339 e. The van der Waals surface area contributed by atoms with Gasteiger partial charge in [-0.2, -0.15) is 0 Å². The highest BCUT2D eigenvalue weighted by molar-refractivity contribution is 5.89. The van der Waals surface area contributed by atoms with Gasteiger partial charge in [-0.15, -0.1) is 0 Å². The third-order valence-corrected chi connectivity index (χ3v) is 5.58. The second-order valence-corrected chi connectivity index (χ2v) is 9.03. The number of carbonyl (C=O) groups excluding carboxylic acids is 3. The maximum absolute atomic E-state index is 12.9. The van der Waals surface area contributed by atoms with Crippen LogP contribution in [0.4, 0.5) is 0 Å². The Labute approximate surface area is 167 Å². The van der Waals surface area contributed by atoms with Crippen molar-refractivity contribution in [2.75, 3.05) is 32.7 Å². The molecule has 1 atom stereocenters. The van der Waals surface area contributed by atoms with E-state index in [0.29, 0.717) is 39.3 Å². The zero-order chi connectivity index (χ0) is 20.5. The molecule has 3 amide bonds. The molecule has 2 aliphatic heterocycles. The molecule has 1 aromatic carbocycles. The summed E-state index contributed by atoms with van der Waals surface area (Å²) in [7, 11) is 0. The van der Waals surface area contributed by atoms with Crippen LogP contribution in [0, 0.1) is 18.3 Å². The Morgan fingerprint density at radius 2 is 1.57 bits per heavy atom. The fourth-order valence-electron chi connectivity index (χ4n) is 3.87. The molecule has 0 saturated carbocycles. The third kappa shape index (κ3) is 4.54. The van der Waals surface area contributed by atoms with Crippen molar-refractivity contribution in [1.82, 2.24) is 14.7 Å². The van der Waals surface area contributed by atoms with E-state index in [0.717, 1.165) is 5.56 Å². The standard InChI is InChI=1S/C22H31N3O3/c1-16-5-7-17(8-6-16)14-25-15-18(13-19(25)26)20(27)23-9-11-24(12-10-23)21(28)22(2,3)4/h5-8,18H,9-15H2,1-4H3. The van der Waals surface area contributed by atoms with E-state index in [1.54, 1.807) is 4.90 Å². The molecule has 2 saturated heterocycles. The van der Waals surface area contributed by atoms with Crippen LogP contribution in [0.2, 0.25) is 0 Å². The maximum Gasteiger partial charge on any atom is 0.228 e. The lowest BCUT2D eigenvalue weighted by molar-refractivity contribution is -0.146. The number of likely N-dealkylation sites (tertiary alicyclic amines) is 1. The van der Waals surface area contributed by atoms with Gasteiger partial charge in [0.15, 0.2) is 0 Å². The predicted molar refractivity (Wildman–Crippen MR) is 107 cm³/mol. The zero-order valence-electron chi connectivity index (χ0n) is 17.4. The van der Waals surface area contributed by atoms with Gasteiger partial charge in [-0.05, 0) is 12.5 Å². The van der Waals surface area contributed by atoms with E-state index in [1.807, 2.05) is 61.8 Å². The van der Waals surface area contributed by atoms with Gasteiger partial charge in [0.1, 0.15) is 0 Å². The SMILES string of the molecule is Cc1ccc(CN2CC(C(=O)N3CCN(C(=O)C(C)(C)C)CC3)CC2=O)cc1. The molecule has 28 heavy (non-hydrogen) atoms. The van der Waals surface area contributed by atoms with E-state index < -0.39 is 5.41 Å². The Morgan fingerprint density at radius 3 is 2.14 bits per heavy atom. The second kappa shape index (κ2) is 7.94. The summed E-state index contributed by atoms with van der Waals surface area (Å²) >= 11 is 0. The number of amides is 3. The monoisotopic (exact) mass is 385 g/mol. The van der Waals surface area contributed by atoms with Gasteiger partial charge in [0, 0.05) is 51.1 Å². The Hall–Kier alpha value is -2.37. The fraction of sp³-hybridized carbons (Fsp3) is 0.591. The van der Waals surface area contributed by atoms with Crippen LogP contribution in [-0.2, 0) is 20.9 Å². The van der Waals surface area contributed by atoms with Crippen LogP contribution in [0.5, 0.6) is 0 Å². The molecule has 3 rings (SSSR count). The van der Waals surface area contributed by atoms with Gasteiger partial charge in [0.05, 0.1) is 5.92 Å². The molecule has 6 heteroatoms. The minimum absolute atomic E-state index is 0.0421. The van der Waals surface area contributed by atoms with E-state index in [9.17, 15) is 14.4 Å². The van der Waals surface area contributed by atoms with Gasteiger partial charge >= 0.3 is 0 Å². The summed E-state index contributed by atoms with van der Waals surface area (Å²) in [5, 5.41) is 0. The smallest absolute Gasteiger partial charge is 0.228 e. The number of carbonyl (C=O) groups is 3. The van der Waals surface area contributed by atoms with Crippen molar-refractivity contribution in [2.24, 2.45) is 11.3 Å². The molecule has 2 aliphatic rings. The molecule has 152 valence electrons. The first-order valence-electron chi connectivity index (χ1n) is 10.1. The van der Waals surface area contributed by atoms with E-state index in [4.69, 9.17) is 0 Å². The number of hydrogen-bond acceptors (Lipinski definition) is 3. The van der Waals surface area contributed by atoms with Crippen LogP contribution < -0.4 is 0 Å². The number of piperazine rings is 1. The van der Waals surface area contributed by atoms with Gasteiger partial charge in [-0.1, -0.05) is 50.6 Å². The fourth-order valence-corrected chi connectivity index (χ4v) is 3.87. The van der Waals surface area contributed by atoms with E-state index in [-0.39, 0.29) is 30.1 Å². The number of rotatable bonds is 3. The maximum atomic E-state index is 12.9. The Bertz CT molecular complexity index is 743. The minimum atomic E-state index is -0.402. The summed E-state index contributed by atoms with van der Waals surface area (Å²) in [6.07, 6.45) is 0.284. The molecule has 1 unspecified atom stereocenters. The molecule has 0 bridgehead atoms. The Kier molecular flexibility index (Phi) is 5.77. The summed E-state index contributed by atoms with van der Waals surface area (Å²) in [5.41, 5.74) is 1.87. The number of hydrogen-bond donors (Lipinski definition) is 0. The molecule has 0 aromatic heterocycles. The van der Waals surface area contributed by atoms with Crippen LogP contribution in [0.3, 0.4) is 0 Å². The zero-order valence-corrected chi connectivity index (χ0v) is 17.4. The third-order valence-electron chi connectivity index (χ3n) is 5.58. The molecule has 0 aliphatic carbocycles. The highest BCUT2D eigenvalue weighted by Crippen LogP contribution is 2.24. The number of benzene rings is 1. The Morgan fingerprint density at radius 1 is 1.00 bits per heavy atom. The van der Waals surface area contributed by atoms with Crippen molar-refractivity contribution in [1.29, 1.82) is 0 Å². The molecule has 6 nitrogen and oxygen atoms in total. The van der Waals surface area contributed by atoms with E-state index >= 15 is 0 Å². The van der Waals surface area contributed by atoms with Gasteiger partial charge < -0.3 is 14.7 Å². The highest BCUT2D eigenvalue weighted by atomic mass is 16.2. The van der Waals surface area contributed by atoms with Crippen molar-refractivity contribution in [3.05, 3.63) is 35.4 Å². The molecule has 2 heterocycles. The molecular weight excluding hydrogens is 354 g/mol. The predicted octanol–water partition coefficient (Wildman–Crippen LogP) is 2.06. The van der Waals surface area contributed by atoms with Crippen LogP contribution in [0.15, 0.2) is 24.3 Å². The lowest BCUT2D eigenvalue weighted by Gasteiger charge is -2.38. The van der Waals surface area contributed by atoms with Gasteiger partial charge in [0.25, 0.3) is 0 Å². The van der Waals surface area contributed by atoms with E-state index in [2.05, 4.69) is 0 Å². The average molecular weight is 386 g/mol. The van der Waals surface area contributed by atoms with Crippen molar-refractivity contribution >= 4 is 17.7 Å². The first-order chi connectivity index (χ1) is 13.1. The number of aryl methyl sites for hydroxylation is 1. The summed E-state index contributed by atoms with van der Waals surface area (Å²) < 4.78 is 0. The van der Waals surface area contributed by atoms with Gasteiger partial charge in [-0.25, -0.2) is 0 Å². The first kappa shape index (κ1) is 20.4. The summed E-state index contributed by atoms with van der Waals surface area (Å²) in [6, 6.07) is 8.14. The van der Waals surface area contributed by atoms with Crippen molar-refractivity contribution in [3.63, 3.8) is 0 Å². The summed E-state index contributed by atoms with van der Waals surface area (Å²) in [6.45, 7) is 11.0. The second-order valence-electron chi connectivity index (χ2n) is 9.03. The topological polar surface area (TPSA) is 60.9 Å². The van der Waals surface area contributed by atoms with Crippen LogP contribution in [0.1, 0.15) is 38.3 Å². The molecule has 2 fully saturated rings. The highest BCUT2D eigenvalue weighted by Gasteiger charge is 2.38. The van der Waals surface area contributed by atoms with Crippen LogP contribution >= 0.6 is 0 Å². The van der Waals surface area contributed by atoms with Gasteiger partial charge in [0.2, 0.25) is 17.7 Å². The summed E-state index contributed by atoms with van der Waals surface area (Å²) in [5.74, 6) is -0.0641. The normalized spacial score (nSPS) is 20.6. The lowest BCUT2D eigenvalue weighted by atomic mass is 9.94. The van der Waals surface area contributed by atoms with Crippen molar-refractivity contribution < 1.29 is 14.4 Å². The van der Waals surface area contributed by atoms with Crippen LogP contribution in [0.25, 0.3) is 0 Å². The summed E-state index contributed by atoms with van der Waals surface area (Å²) in [4.78, 5) is 43.2. The molecule has 0 N–H and O–H groups in total. The first-order valence-corrected chi connectivity index (χ1v) is 10.1. The molecule has 0 spiro atoms. The van der Waals surface area contributed by atoms with E-state index in [1.165, 1.54) is 5.56 Å². The minimum Gasteiger partial charge on any atom is -0.339 e. The van der Waals surface area contributed by atoms with Crippen molar-refractivity contribution in [3.8, 4) is 0 Å². The van der Waals surface area contributed by atoms with Crippen molar-refractivity contribution in [2.45, 2.75) is 40.7 Å².